The largest absolute Gasteiger partial charge is 0.744 e. The van der Waals surface area contributed by atoms with Gasteiger partial charge in [-0.2, -0.15) is 0 Å². The molecule has 0 bridgehead atoms. The van der Waals surface area contributed by atoms with Crippen molar-refractivity contribution in [1.82, 2.24) is 4.90 Å². The molecule has 0 spiro atoms. The molecule has 0 fully saturated rings. The molecule has 1 amide bonds. The van der Waals surface area contributed by atoms with E-state index in [0.717, 1.165) is 32.8 Å². The van der Waals surface area contributed by atoms with Gasteiger partial charge in [-0.15, -0.1) is 4.58 Å². The summed E-state index contributed by atoms with van der Waals surface area (Å²) in [7, 11) is -2.15. The zero-order valence-electron chi connectivity index (χ0n) is 18.0. The summed E-state index contributed by atoms with van der Waals surface area (Å²) in [6.07, 6.45) is 6.94. The van der Waals surface area contributed by atoms with Crippen LogP contribution in [0.5, 0.6) is 0 Å². The molecule has 1 aromatic carbocycles. The molecule has 168 valence electrons. The summed E-state index contributed by atoms with van der Waals surface area (Å²) < 4.78 is 34.2. The van der Waals surface area contributed by atoms with E-state index in [4.69, 9.17) is 0 Å². The minimum atomic E-state index is -4.27. The third-order valence-electron chi connectivity index (χ3n) is 5.16. The Morgan fingerprint density at radius 3 is 2.32 bits per heavy atom. The van der Waals surface area contributed by atoms with Gasteiger partial charge in [0.05, 0.1) is 4.90 Å². The maximum Gasteiger partial charge on any atom is 0.430 e. The first-order chi connectivity index (χ1) is 14.7. The third-order valence-corrected chi connectivity index (χ3v) is 9.79. The van der Waals surface area contributed by atoms with Gasteiger partial charge in [-0.3, -0.25) is 0 Å². The maximum absolute atomic E-state index is 12.6. The van der Waals surface area contributed by atoms with Gasteiger partial charge in [0.1, 0.15) is 15.1 Å². The molecule has 1 aliphatic carbocycles. The van der Waals surface area contributed by atoms with Gasteiger partial charge in [-0.1, -0.05) is 41.2 Å². The van der Waals surface area contributed by atoms with Crippen molar-refractivity contribution in [3.63, 3.8) is 0 Å². The monoisotopic (exact) mass is 498 g/mol. The van der Waals surface area contributed by atoms with Crippen LogP contribution in [-0.4, -0.2) is 52.6 Å². The Bertz CT molecular complexity index is 1070. The highest BCUT2D eigenvalue weighted by Gasteiger charge is 2.42. The van der Waals surface area contributed by atoms with Gasteiger partial charge < -0.3 is 9.45 Å². The number of hydrogen-bond acceptors (Lipinski definition) is 8. The second kappa shape index (κ2) is 10.2. The van der Waals surface area contributed by atoms with Crippen molar-refractivity contribution >= 4 is 55.7 Å². The normalized spacial score (nSPS) is 21.5. The zero-order chi connectivity index (χ0) is 22.8. The van der Waals surface area contributed by atoms with E-state index >= 15 is 0 Å². The lowest BCUT2D eigenvalue weighted by molar-refractivity contribution is -0.433. The van der Waals surface area contributed by atoms with E-state index in [0.29, 0.717) is 0 Å². The smallest absolute Gasteiger partial charge is 0.430 e. The van der Waals surface area contributed by atoms with Crippen molar-refractivity contribution in [1.29, 1.82) is 0 Å². The lowest BCUT2D eigenvalue weighted by Gasteiger charge is -2.20. The van der Waals surface area contributed by atoms with Crippen LogP contribution >= 0.6 is 35.3 Å². The number of hydrogen-bond donors (Lipinski definition) is 0. The molecule has 0 aromatic heterocycles. The summed E-state index contributed by atoms with van der Waals surface area (Å²) in [4.78, 5) is 17.1. The molecule has 0 saturated heterocycles. The Kier molecular flexibility index (Phi) is 8.01. The third kappa shape index (κ3) is 5.42. The van der Waals surface area contributed by atoms with Crippen LogP contribution in [0.4, 0.5) is 0 Å². The fraction of sp³-hybridized carbons (Fsp3) is 0.429. The lowest BCUT2D eigenvalue weighted by atomic mass is 10.0. The first-order valence-corrected chi connectivity index (χ1v) is 14.2. The second-order valence-electron chi connectivity index (χ2n) is 7.26. The zero-order valence-corrected chi connectivity index (χ0v) is 21.3. The number of nitrogens with zero attached hydrogens (tertiary/aromatic N) is 2. The molecule has 0 saturated carbocycles. The topological polar surface area (TPSA) is 80.5 Å². The standard InChI is InChI=1S/C14H19N2OS3.C7H8O3S/c1-4-16-12(17)11(20-14(16)18-3)13-15(2)9-7-5-6-8-10(9)19-13;1-6-2-4-7(5-3-6)11(8,9)10/h4-8H2,1-3H3;2-5H,1H3,(H,8,9,10)/q+1;/p-1/b13-11+;. The number of aryl methyl sites for hydroxylation is 1. The van der Waals surface area contributed by atoms with E-state index in [9.17, 15) is 17.8 Å². The van der Waals surface area contributed by atoms with E-state index < -0.39 is 10.1 Å². The Hall–Kier alpha value is -1.20. The van der Waals surface area contributed by atoms with Crippen LogP contribution in [-0.2, 0) is 14.9 Å². The fourth-order valence-electron chi connectivity index (χ4n) is 3.49. The number of amides is 1. The lowest BCUT2D eigenvalue weighted by Crippen LogP contribution is -2.21. The fourth-order valence-corrected chi connectivity index (χ4v) is 7.41. The Morgan fingerprint density at radius 1 is 1.16 bits per heavy atom. The molecule has 10 heteroatoms. The van der Waals surface area contributed by atoms with E-state index in [2.05, 4.69) is 11.9 Å². The van der Waals surface area contributed by atoms with Gasteiger partial charge >= 0.3 is 5.91 Å². The van der Waals surface area contributed by atoms with Crippen molar-refractivity contribution in [2.45, 2.75) is 44.4 Å². The summed E-state index contributed by atoms with van der Waals surface area (Å²) in [6, 6.07) is 5.78. The number of allylic oxidation sites excluding steroid dienone is 2. The summed E-state index contributed by atoms with van der Waals surface area (Å²) in [5.41, 5.74) is 2.37. The van der Waals surface area contributed by atoms with E-state index in [1.165, 1.54) is 42.0 Å². The van der Waals surface area contributed by atoms with Gasteiger partial charge in [-0.25, -0.2) is 13.2 Å². The highest BCUT2D eigenvalue weighted by Crippen LogP contribution is 2.50. The molecule has 2 aliphatic heterocycles. The van der Waals surface area contributed by atoms with E-state index in [-0.39, 0.29) is 10.8 Å². The number of benzene rings is 1. The summed E-state index contributed by atoms with van der Waals surface area (Å²) in [6.45, 7) is 4.61. The first kappa shape index (κ1) is 24.4. The van der Waals surface area contributed by atoms with Gasteiger partial charge in [-0.05, 0) is 57.9 Å². The Morgan fingerprint density at radius 2 is 1.81 bits per heavy atom. The molecule has 0 radical (unpaired) electrons. The molecular weight excluding hydrogens is 473 g/mol. The van der Waals surface area contributed by atoms with Crippen LogP contribution in [0.3, 0.4) is 0 Å². The van der Waals surface area contributed by atoms with Crippen molar-refractivity contribution in [3.8, 4) is 0 Å². The van der Waals surface area contributed by atoms with Crippen LogP contribution in [0.25, 0.3) is 0 Å². The molecule has 6 nitrogen and oxygen atoms in total. The van der Waals surface area contributed by atoms with Crippen LogP contribution in [0.1, 0.15) is 38.2 Å². The maximum atomic E-state index is 12.6. The first-order valence-electron chi connectivity index (χ1n) is 9.98. The second-order valence-corrected chi connectivity index (χ2v) is 11.8. The van der Waals surface area contributed by atoms with Crippen molar-refractivity contribution in [2.75, 3.05) is 19.8 Å². The molecule has 31 heavy (non-hydrogen) atoms. The minimum absolute atomic E-state index is 0.177. The molecule has 0 unspecified atom stereocenters. The molecule has 3 aliphatic rings. The summed E-state index contributed by atoms with van der Waals surface area (Å²) in [5.74, 6) is 0.177. The van der Waals surface area contributed by atoms with Crippen molar-refractivity contribution < 1.29 is 22.3 Å². The summed E-state index contributed by atoms with van der Waals surface area (Å²) in [5, 5.41) is 1.15. The molecule has 4 rings (SSSR count). The molecular formula is C21H26N2O4S4. The number of likely N-dealkylation sites (N-methyl/N-ethyl adjacent to an activating group) is 1. The van der Waals surface area contributed by atoms with E-state index in [1.807, 2.05) is 36.4 Å². The summed E-state index contributed by atoms with van der Waals surface area (Å²) >= 11 is 5.13. The van der Waals surface area contributed by atoms with Gasteiger partial charge in [0.2, 0.25) is 0 Å². The average Bonchev–Trinajstić information content (AvgIpc) is 3.24. The predicted octanol–water partition coefficient (Wildman–Crippen LogP) is 4.54. The van der Waals surface area contributed by atoms with Crippen LogP contribution in [0, 0.1) is 6.92 Å². The number of carbonyl (C=O) groups is 1. The Labute approximate surface area is 197 Å². The number of thioether (sulfide) groups is 3. The van der Waals surface area contributed by atoms with Crippen LogP contribution in [0.2, 0.25) is 0 Å². The Balaban J connectivity index is 0.000000210. The molecule has 0 atom stereocenters. The van der Waals surface area contributed by atoms with Crippen molar-refractivity contribution in [2.24, 2.45) is 0 Å². The van der Waals surface area contributed by atoms with E-state index in [1.54, 1.807) is 35.7 Å². The quantitative estimate of drug-likeness (QED) is 0.334. The van der Waals surface area contributed by atoms with Crippen LogP contribution in [0.15, 0.2) is 49.7 Å². The highest BCUT2D eigenvalue weighted by atomic mass is 32.2. The molecule has 2 heterocycles. The van der Waals surface area contributed by atoms with Gasteiger partial charge in [0.25, 0.3) is 4.38 Å². The van der Waals surface area contributed by atoms with Crippen molar-refractivity contribution in [3.05, 3.63) is 50.4 Å². The van der Waals surface area contributed by atoms with Gasteiger partial charge in [0.15, 0.2) is 11.4 Å². The number of rotatable bonds is 2. The highest BCUT2D eigenvalue weighted by molar-refractivity contribution is 8.40. The van der Waals surface area contributed by atoms with Crippen LogP contribution < -0.4 is 0 Å². The number of carbonyl (C=O) groups excluding carboxylic acids is 1. The predicted molar refractivity (Wildman–Crippen MR) is 129 cm³/mol. The van der Waals surface area contributed by atoms with Gasteiger partial charge in [0, 0.05) is 29.4 Å². The SMILES string of the molecule is CC[N+]1=C(SC)S/C(=C2/SC3=C(CCCC3)N2C)C1=O.Cc1ccc(S(=O)(=O)[O-])cc1. The minimum Gasteiger partial charge on any atom is -0.744 e. The average molecular weight is 499 g/mol. The molecule has 1 aromatic rings. The molecule has 0 N–H and O–H groups in total.